The molecule has 24 heavy (non-hydrogen) atoms. The lowest BCUT2D eigenvalue weighted by molar-refractivity contribution is -0.114. The van der Waals surface area contributed by atoms with E-state index in [9.17, 15) is 9.90 Å². The maximum absolute atomic E-state index is 12.0. The molecule has 0 bridgehead atoms. The van der Waals surface area contributed by atoms with E-state index in [1.54, 1.807) is 12.1 Å². The van der Waals surface area contributed by atoms with E-state index in [0.717, 1.165) is 19.4 Å². The molecule has 2 atom stereocenters. The summed E-state index contributed by atoms with van der Waals surface area (Å²) in [6, 6.07) is 6.79. The summed E-state index contributed by atoms with van der Waals surface area (Å²) in [6.45, 7) is 2.81. The van der Waals surface area contributed by atoms with Gasteiger partial charge in [-0.3, -0.25) is 4.79 Å². The molecule has 1 aliphatic carbocycles. The number of thioether (sulfide) groups is 1. The maximum Gasteiger partial charge on any atom is 0.246 e. The quantitative estimate of drug-likeness (QED) is 0.359. The molecule has 4 N–H and O–H groups in total. The van der Waals surface area contributed by atoms with Crippen LogP contribution in [0.15, 0.2) is 29.3 Å². The first kappa shape index (κ1) is 18.4. The van der Waals surface area contributed by atoms with Gasteiger partial charge in [-0.15, -0.1) is 0 Å². The standard InChI is InChI=1S/C17H26N4O2S/c1-3-18-17(21-13-6-9-15(10-13)24-2)19-11-16(23)20-12-4-7-14(22)8-5-12/h4-5,7-8,13,15,22H,3,6,9-11H2,1-2H3,(H,20,23)(H2,18,19,21). The number of carbonyl (C=O) groups is 1. The van der Waals surface area contributed by atoms with Crippen LogP contribution in [-0.4, -0.2) is 47.6 Å². The first-order valence-electron chi connectivity index (χ1n) is 8.27. The molecule has 2 unspecified atom stereocenters. The molecule has 132 valence electrons. The van der Waals surface area contributed by atoms with Crippen molar-refractivity contribution < 1.29 is 9.90 Å². The topological polar surface area (TPSA) is 85.8 Å². The molecule has 1 aromatic rings. The van der Waals surface area contributed by atoms with Gasteiger partial charge in [0, 0.05) is 23.5 Å². The summed E-state index contributed by atoms with van der Waals surface area (Å²) < 4.78 is 0. The highest BCUT2D eigenvalue weighted by molar-refractivity contribution is 7.99. The Bertz CT molecular complexity index is 562. The van der Waals surface area contributed by atoms with Gasteiger partial charge in [0.25, 0.3) is 0 Å². The van der Waals surface area contributed by atoms with Crippen LogP contribution in [0.1, 0.15) is 26.2 Å². The molecule has 1 amide bonds. The minimum Gasteiger partial charge on any atom is -0.508 e. The zero-order valence-corrected chi connectivity index (χ0v) is 15.0. The summed E-state index contributed by atoms with van der Waals surface area (Å²) in [5, 5.41) is 19.3. The smallest absolute Gasteiger partial charge is 0.246 e. The largest absolute Gasteiger partial charge is 0.508 e. The number of hydrogen-bond acceptors (Lipinski definition) is 4. The maximum atomic E-state index is 12.0. The molecule has 0 radical (unpaired) electrons. The van der Waals surface area contributed by atoms with Gasteiger partial charge in [0.2, 0.25) is 5.91 Å². The SMILES string of the molecule is CCNC(=NCC(=O)Nc1ccc(O)cc1)NC1CCC(SC)C1. The third-order valence-corrected chi connectivity index (χ3v) is 5.03. The van der Waals surface area contributed by atoms with Crippen molar-refractivity contribution in [2.45, 2.75) is 37.5 Å². The predicted octanol–water partition coefficient (Wildman–Crippen LogP) is 2.17. The Labute approximate surface area is 147 Å². The van der Waals surface area contributed by atoms with Crippen molar-refractivity contribution in [3.8, 4) is 5.75 Å². The number of nitrogens with one attached hydrogen (secondary N) is 3. The normalized spacial score (nSPS) is 20.7. The van der Waals surface area contributed by atoms with E-state index in [4.69, 9.17) is 0 Å². The Morgan fingerprint density at radius 2 is 2.08 bits per heavy atom. The Morgan fingerprint density at radius 3 is 2.71 bits per heavy atom. The predicted molar refractivity (Wildman–Crippen MR) is 101 cm³/mol. The van der Waals surface area contributed by atoms with Gasteiger partial charge in [0.15, 0.2) is 5.96 Å². The summed E-state index contributed by atoms with van der Waals surface area (Å²) in [7, 11) is 0. The Morgan fingerprint density at radius 1 is 1.33 bits per heavy atom. The molecule has 2 rings (SSSR count). The summed E-state index contributed by atoms with van der Waals surface area (Å²) in [6.07, 6.45) is 5.64. The van der Waals surface area contributed by atoms with Gasteiger partial charge < -0.3 is 21.1 Å². The number of anilines is 1. The summed E-state index contributed by atoms with van der Waals surface area (Å²) in [4.78, 5) is 16.4. The van der Waals surface area contributed by atoms with E-state index >= 15 is 0 Å². The van der Waals surface area contributed by atoms with Crippen LogP contribution < -0.4 is 16.0 Å². The van der Waals surface area contributed by atoms with Crippen molar-refractivity contribution in [2.24, 2.45) is 4.99 Å². The average Bonchev–Trinajstić information content (AvgIpc) is 3.03. The van der Waals surface area contributed by atoms with Crippen LogP contribution in [-0.2, 0) is 4.79 Å². The van der Waals surface area contributed by atoms with Crippen molar-refractivity contribution in [3.63, 3.8) is 0 Å². The second kappa shape index (κ2) is 9.42. The Balaban J connectivity index is 1.85. The molecule has 0 aromatic heterocycles. The van der Waals surface area contributed by atoms with Crippen molar-refractivity contribution in [1.82, 2.24) is 10.6 Å². The lowest BCUT2D eigenvalue weighted by atomic mass is 10.2. The number of rotatable bonds is 6. The van der Waals surface area contributed by atoms with Gasteiger partial charge in [-0.25, -0.2) is 4.99 Å². The number of amides is 1. The molecule has 1 saturated carbocycles. The van der Waals surface area contributed by atoms with Crippen LogP contribution in [0, 0.1) is 0 Å². The van der Waals surface area contributed by atoms with Gasteiger partial charge in [-0.2, -0.15) is 11.8 Å². The monoisotopic (exact) mass is 350 g/mol. The molecule has 0 saturated heterocycles. The molecule has 1 aromatic carbocycles. The van der Waals surface area contributed by atoms with Crippen LogP contribution >= 0.6 is 11.8 Å². The number of nitrogens with zero attached hydrogens (tertiary/aromatic N) is 1. The van der Waals surface area contributed by atoms with E-state index in [2.05, 4.69) is 27.2 Å². The fraction of sp³-hybridized carbons (Fsp3) is 0.529. The van der Waals surface area contributed by atoms with Gasteiger partial charge in [0.05, 0.1) is 0 Å². The minimum atomic E-state index is -0.189. The lowest BCUT2D eigenvalue weighted by Gasteiger charge is -2.17. The number of aliphatic imine (C=N–C) groups is 1. The zero-order valence-electron chi connectivity index (χ0n) is 14.2. The Hall–Kier alpha value is -1.89. The molecule has 1 fully saturated rings. The zero-order chi connectivity index (χ0) is 17.4. The number of guanidine groups is 1. The second-order valence-electron chi connectivity index (χ2n) is 5.80. The van der Waals surface area contributed by atoms with E-state index in [1.165, 1.54) is 18.6 Å². The van der Waals surface area contributed by atoms with E-state index < -0.39 is 0 Å². The summed E-state index contributed by atoms with van der Waals surface area (Å²) >= 11 is 1.91. The third-order valence-electron chi connectivity index (χ3n) is 3.93. The highest BCUT2D eigenvalue weighted by Crippen LogP contribution is 2.28. The average molecular weight is 350 g/mol. The third kappa shape index (κ3) is 5.96. The summed E-state index contributed by atoms with van der Waals surface area (Å²) in [5.74, 6) is 0.668. The first-order chi connectivity index (χ1) is 11.6. The highest BCUT2D eigenvalue weighted by Gasteiger charge is 2.24. The molecule has 1 aliphatic rings. The molecular weight excluding hydrogens is 324 g/mol. The van der Waals surface area contributed by atoms with Crippen LogP contribution in [0.2, 0.25) is 0 Å². The number of carbonyl (C=O) groups excluding carboxylic acids is 1. The van der Waals surface area contributed by atoms with E-state index in [1.807, 2.05) is 18.7 Å². The minimum absolute atomic E-state index is 0.0505. The van der Waals surface area contributed by atoms with Crippen LogP contribution in [0.5, 0.6) is 5.75 Å². The molecule has 7 heteroatoms. The first-order valence-corrected chi connectivity index (χ1v) is 9.56. The number of hydrogen-bond donors (Lipinski definition) is 4. The fourth-order valence-corrected chi connectivity index (χ4v) is 3.49. The van der Waals surface area contributed by atoms with E-state index in [0.29, 0.717) is 22.9 Å². The van der Waals surface area contributed by atoms with Crippen LogP contribution in [0.4, 0.5) is 5.69 Å². The van der Waals surface area contributed by atoms with Crippen LogP contribution in [0.25, 0.3) is 0 Å². The molecule has 0 heterocycles. The molecular formula is C17H26N4O2S. The van der Waals surface area contributed by atoms with Gasteiger partial charge in [-0.05, 0) is 56.7 Å². The molecule has 0 aliphatic heterocycles. The fourth-order valence-electron chi connectivity index (χ4n) is 2.69. The van der Waals surface area contributed by atoms with Gasteiger partial charge >= 0.3 is 0 Å². The van der Waals surface area contributed by atoms with Crippen molar-refractivity contribution in [2.75, 3.05) is 24.7 Å². The van der Waals surface area contributed by atoms with Gasteiger partial charge in [-0.1, -0.05) is 0 Å². The molecule has 6 nitrogen and oxygen atoms in total. The number of phenols is 1. The second-order valence-corrected chi connectivity index (χ2v) is 6.94. The van der Waals surface area contributed by atoms with Crippen molar-refractivity contribution in [3.05, 3.63) is 24.3 Å². The Kier molecular flexibility index (Phi) is 7.24. The van der Waals surface area contributed by atoms with Crippen molar-refractivity contribution in [1.29, 1.82) is 0 Å². The number of aromatic hydroxyl groups is 1. The van der Waals surface area contributed by atoms with E-state index in [-0.39, 0.29) is 18.2 Å². The lowest BCUT2D eigenvalue weighted by Crippen LogP contribution is -2.43. The highest BCUT2D eigenvalue weighted by atomic mass is 32.2. The van der Waals surface area contributed by atoms with Crippen LogP contribution in [0.3, 0.4) is 0 Å². The number of benzene rings is 1. The summed E-state index contributed by atoms with van der Waals surface area (Å²) in [5.41, 5.74) is 0.643. The van der Waals surface area contributed by atoms with Crippen molar-refractivity contribution >= 4 is 29.3 Å². The molecule has 0 spiro atoms. The number of phenolic OH excluding ortho intramolecular Hbond substituents is 1. The van der Waals surface area contributed by atoms with Gasteiger partial charge in [0.1, 0.15) is 12.3 Å².